The number of carbonyl (C=O) groups is 1. The zero-order valence-electron chi connectivity index (χ0n) is 18.3. The maximum absolute atomic E-state index is 13.1. The summed E-state index contributed by atoms with van der Waals surface area (Å²) in [6.45, 7) is 5.30. The van der Waals surface area contributed by atoms with E-state index in [2.05, 4.69) is 17.1 Å². The average Bonchev–Trinajstić information content (AvgIpc) is 2.86. The summed E-state index contributed by atoms with van der Waals surface area (Å²) >= 11 is 0. The van der Waals surface area contributed by atoms with Gasteiger partial charge in [-0.3, -0.25) is 19.2 Å². The molecule has 1 amide bonds. The van der Waals surface area contributed by atoms with Crippen LogP contribution in [0.15, 0.2) is 102 Å². The molecule has 0 aliphatic rings. The number of anilines is 1. The van der Waals surface area contributed by atoms with Crippen molar-refractivity contribution in [2.24, 2.45) is 5.10 Å². The second-order valence-corrected chi connectivity index (χ2v) is 8.99. The fourth-order valence-electron chi connectivity index (χ4n) is 3.07. The van der Waals surface area contributed by atoms with E-state index in [1.807, 2.05) is 0 Å². The molecule has 3 rings (SSSR count). The van der Waals surface area contributed by atoms with Crippen LogP contribution in [0.5, 0.6) is 0 Å². The molecule has 174 valence electrons. The Hall–Kier alpha value is -4.31. The molecule has 0 aromatic heterocycles. The molecule has 0 atom stereocenters. The van der Waals surface area contributed by atoms with Crippen molar-refractivity contribution >= 4 is 33.0 Å². The molecule has 0 radical (unpaired) electrons. The highest BCUT2D eigenvalue weighted by Crippen LogP contribution is 2.24. The summed E-state index contributed by atoms with van der Waals surface area (Å²) in [5.74, 6) is -0.516. The van der Waals surface area contributed by atoms with Crippen molar-refractivity contribution < 1.29 is 18.1 Å². The molecule has 0 heterocycles. The van der Waals surface area contributed by atoms with Crippen LogP contribution in [0.1, 0.15) is 22.8 Å². The highest BCUT2D eigenvalue weighted by atomic mass is 32.2. The number of carbonyl (C=O) groups excluding carboxylic acids is 1. The predicted octanol–water partition coefficient (Wildman–Crippen LogP) is 4.13. The van der Waals surface area contributed by atoms with Gasteiger partial charge in [-0.15, -0.1) is 6.58 Å². The minimum atomic E-state index is -3.82. The number of nitrogens with zero attached hydrogens (tertiary/aromatic N) is 3. The van der Waals surface area contributed by atoms with Crippen molar-refractivity contribution in [2.75, 3.05) is 10.8 Å². The molecule has 34 heavy (non-hydrogen) atoms. The first kappa shape index (κ1) is 24.3. The standard InChI is InChI=1S/C24H22N4O5S/c1-3-16-27(34(32,33)23-10-5-4-6-11-23)21-14-12-19(13-15-21)24(29)26-25-18(2)20-8-7-9-22(17-20)28(30)31/h3-15,17H,1,16H2,2H3,(H,26,29)/b25-18-. The fourth-order valence-corrected chi connectivity index (χ4v) is 4.52. The largest absolute Gasteiger partial charge is 0.271 e. The highest BCUT2D eigenvalue weighted by molar-refractivity contribution is 7.92. The molecule has 3 aromatic rings. The maximum atomic E-state index is 13.1. The van der Waals surface area contributed by atoms with Crippen molar-refractivity contribution in [3.63, 3.8) is 0 Å². The van der Waals surface area contributed by atoms with Crippen LogP contribution in [-0.4, -0.2) is 31.5 Å². The van der Waals surface area contributed by atoms with Gasteiger partial charge in [0.15, 0.2) is 0 Å². The van der Waals surface area contributed by atoms with Gasteiger partial charge >= 0.3 is 0 Å². The maximum Gasteiger partial charge on any atom is 0.271 e. The van der Waals surface area contributed by atoms with Crippen LogP contribution in [0.4, 0.5) is 11.4 Å². The van der Waals surface area contributed by atoms with E-state index >= 15 is 0 Å². The van der Waals surface area contributed by atoms with Gasteiger partial charge in [0.25, 0.3) is 21.6 Å². The van der Waals surface area contributed by atoms with Gasteiger partial charge in [-0.25, -0.2) is 13.8 Å². The molecular formula is C24H22N4O5S. The summed E-state index contributed by atoms with van der Waals surface area (Å²) in [4.78, 5) is 23.1. The van der Waals surface area contributed by atoms with Crippen LogP contribution in [0, 0.1) is 10.1 Å². The van der Waals surface area contributed by atoms with E-state index in [9.17, 15) is 23.3 Å². The fraction of sp³-hybridized carbons (Fsp3) is 0.0833. The molecular weight excluding hydrogens is 456 g/mol. The van der Waals surface area contributed by atoms with Crippen molar-refractivity contribution in [2.45, 2.75) is 11.8 Å². The third kappa shape index (κ3) is 5.54. The zero-order chi connectivity index (χ0) is 24.7. The van der Waals surface area contributed by atoms with Gasteiger partial charge < -0.3 is 0 Å². The minimum absolute atomic E-state index is 0.0511. The molecule has 0 spiro atoms. The normalized spacial score (nSPS) is 11.5. The number of benzene rings is 3. The summed E-state index contributed by atoms with van der Waals surface area (Å²) in [5, 5.41) is 14.9. The number of nitro benzene ring substituents is 1. The molecule has 3 aromatic carbocycles. The lowest BCUT2D eigenvalue weighted by Gasteiger charge is -2.23. The van der Waals surface area contributed by atoms with Crippen molar-refractivity contribution in [3.8, 4) is 0 Å². The van der Waals surface area contributed by atoms with Gasteiger partial charge in [0.2, 0.25) is 0 Å². The van der Waals surface area contributed by atoms with E-state index in [1.54, 1.807) is 31.2 Å². The SMILES string of the molecule is C=CCN(c1ccc(C(=O)N/N=C(/C)c2cccc([N+](=O)[O-])c2)cc1)S(=O)(=O)c1ccccc1. The summed E-state index contributed by atoms with van der Waals surface area (Å²) in [6, 6.07) is 20.0. The molecule has 0 aliphatic carbocycles. The van der Waals surface area contributed by atoms with Crippen LogP contribution in [-0.2, 0) is 10.0 Å². The molecule has 0 saturated carbocycles. The topological polar surface area (TPSA) is 122 Å². The van der Waals surface area contributed by atoms with Crippen LogP contribution >= 0.6 is 0 Å². The van der Waals surface area contributed by atoms with E-state index in [-0.39, 0.29) is 22.7 Å². The molecule has 9 nitrogen and oxygen atoms in total. The average molecular weight is 479 g/mol. The number of nitrogens with one attached hydrogen (secondary N) is 1. The van der Waals surface area contributed by atoms with Gasteiger partial charge in [0, 0.05) is 23.3 Å². The smallest absolute Gasteiger partial charge is 0.267 e. The molecule has 0 saturated heterocycles. The van der Waals surface area contributed by atoms with Gasteiger partial charge in [-0.05, 0) is 43.3 Å². The number of non-ortho nitro benzene ring substituents is 1. The first-order valence-electron chi connectivity index (χ1n) is 10.1. The third-order valence-electron chi connectivity index (χ3n) is 4.84. The van der Waals surface area contributed by atoms with E-state index in [1.165, 1.54) is 65.0 Å². The van der Waals surface area contributed by atoms with E-state index in [4.69, 9.17) is 0 Å². The molecule has 0 fully saturated rings. The quantitative estimate of drug-likeness (QED) is 0.214. The lowest BCUT2D eigenvalue weighted by atomic mass is 10.1. The number of hydrazone groups is 1. The number of rotatable bonds is 9. The summed E-state index contributed by atoms with van der Waals surface area (Å²) in [6.07, 6.45) is 1.48. The lowest BCUT2D eigenvalue weighted by molar-refractivity contribution is -0.384. The summed E-state index contributed by atoms with van der Waals surface area (Å²) in [7, 11) is -3.82. The van der Waals surface area contributed by atoms with E-state index in [0.717, 1.165) is 0 Å². The van der Waals surface area contributed by atoms with Crippen molar-refractivity contribution in [1.29, 1.82) is 0 Å². The van der Waals surface area contributed by atoms with Gasteiger partial charge in [-0.2, -0.15) is 5.10 Å². The Bertz CT molecular complexity index is 1340. The molecule has 0 aliphatic heterocycles. The first-order chi connectivity index (χ1) is 16.2. The van der Waals surface area contributed by atoms with Gasteiger partial charge in [0.1, 0.15) is 0 Å². The second kappa shape index (κ2) is 10.5. The van der Waals surface area contributed by atoms with Crippen molar-refractivity contribution in [1.82, 2.24) is 5.43 Å². The number of amides is 1. The Morgan fingerprint density at radius 1 is 1.06 bits per heavy atom. The molecule has 1 N–H and O–H groups in total. The Kier molecular flexibility index (Phi) is 7.54. The first-order valence-corrected chi connectivity index (χ1v) is 11.6. The van der Waals surface area contributed by atoms with Crippen molar-refractivity contribution in [3.05, 3.63) is 113 Å². The zero-order valence-corrected chi connectivity index (χ0v) is 19.1. The predicted molar refractivity (Wildman–Crippen MR) is 130 cm³/mol. The molecule has 0 bridgehead atoms. The Labute approximate surface area is 197 Å². The highest BCUT2D eigenvalue weighted by Gasteiger charge is 2.24. The summed E-state index contributed by atoms with van der Waals surface area (Å²) in [5.41, 5.74) is 3.84. The minimum Gasteiger partial charge on any atom is -0.267 e. The third-order valence-corrected chi connectivity index (χ3v) is 6.65. The Morgan fingerprint density at radius 3 is 2.35 bits per heavy atom. The van der Waals surface area contributed by atoms with Gasteiger partial charge in [-0.1, -0.05) is 36.4 Å². The van der Waals surface area contributed by atoms with Crippen LogP contribution in [0.2, 0.25) is 0 Å². The van der Waals surface area contributed by atoms with Crippen LogP contribution in [0.25, 0.3) is 0 Å². The lowest BCUT2D eigenvalue weighted by Crippen LogP contribution is -2.31. The number of hydrogen-bond acceptors (Lipinski definition) is 6. The van der Waals surface area contributed by atoms with E-state index < -0.39 is 20.9 Å². The number of sulfonamides is 1. The Balaban J connectivity index is 1.78. The van der Waals surface area contributed by atoms with Crippen LogP contribution < -0.4 is 9.73 Å². The Morgan fingerprint density at radius 2 is 1.74 bits per heavy atom. The van der Waals surface area contributed by atoms with E-state index in [0.29, 0.717) is 17.0 Å². The molecule has 0 unspecified atom stereocenters. The number of hydrogen-bond donors (Lipinski definition) is 1. The molecule has 10 heteroatoms. The number of nitro groups is 1. The van der Waals surface area contributed by atoms with Crippen LogP contribution in [0.3, 0.4) is 0 Å². The second-order valence-electron chi connectivity index (χ2n) is 7.13. The monoisotopic (exact) mass is 478 g/mol. The summed E-state index contributed by atoms with van der Waals surface area (Å²) < 4.78 is 27.3. The van der Waals surface area contributed by atoms with Gasteiger partial charge in [0.05, 0.1) is 27.8 Å².